The standard InChI is InChI=1S/C22H23N3O3/c1-16-19(24-22(28-16)17-7-3-2-4-8-17)15-21(26)23-18-9-5-6-10-20(18)25-11-13-27-14-12-25/h2-10H,11-15H2,1H3,(H,23,26). The van der Waals surface area contributed by atoms with Gasteiger partial charge in [-0.15, -0.1) is 0 Å². The molecule has 6 nitrogen and oxygen atoms in total. The minimum atomic E-state index is -0.114. The highest BCUT2D eigenvalue weighted by molar-refractivity contribution is 5.95. The monoisotopic (exact) mass is 377 g/mol. The Balaban J connectivity index is 1.48. The molecule has 1 N–H and O–H groups in total. The van der Waals surface area contributed by atoms with E-state index in [1.165, 1.54) is 0 Å². The van der Waals surface area contributed by atoms with Crippen molar-refractivity contribution < 1.29 is 13.9 Å². The van der Waals surface area contributed by atoms with Crippen LogP contribution in [-0.2, 0) is 16.0 Å². The zero-order valence-corrected chi connectivity index (χ0v) is 15.9. The third kappa shape index (κ3) is 4.07. The lowest BCUT2D eigenvalue weighted by atomic mass is 10.2. The normalized spacial score (nSPS) is 14.1. The van der Waals surface area contributed by atoms with E-state index in [1.54, 1.807) is 0 Å². The number of rotatable bonds is 5. The van der Waals surface area contributed by atoms with Gasteiger partial charge in [0.15, 0.2) is 0 Å². The molecule has 1 aliphatic heterocycles. The maximum atomic E-state index is 12.7. The molecular weight excluding hydrogens is 354 g/mol. The molecule has 144 valence electrons. The fraction of sp³-hybridized carbons (Fsp3) is 0.273. The summed E-state index contributed by atoms with van der Waals surface area (Å²) in [5, 5.41) is 3.03. The zero-order chi connectivity index (χ0) is 19.3. The first kappa shape index (κ1) is 18.3. The van der Waals surface area contributed by atoms with Crippen LogP contribution < -0.4 is 10.2 Å². The third-order valence-electron chi connectivity index (χ3n) is 4.77. The third-order valence-corrected chi connectivity index (χ3v) is 4.77. The summed E-state index contributed by atoms with van der Waals surface area (Å²) in [4.78, 5) is 19.4. The Kier molecular flexibility index (Phi) is 5.39. The Morgan fingerprint density at radius 2 is 1.79 bits per heavy atom. The maximum Gasteiger partial charge on any atom is 0.230 e. The molecule has 0 atom stereocenters. The van der Waals surface area contributed by atoms with Crippen LogP contribution in [0.2, 0.25) is 0 Å². The molecule has 2 aromatic carbocycles. The Labute approximate surface area is 164 Å². The van der Waals surface area contributed by atoms with Crippen LogP contribution in [0.3, 0.4) is 0 Å². The van der Waals surface area contributed by atoms with Gasteiger partial charge in [-0.3, -0.25) is 4.79 Å². The van der Waals surface area contributed by atoms with E-state index >= 15 is 0 Å². The average Bonchev–Trinajstić information content (AvgIpc) is 3.10. The second-order valence-corrected chi connectivity index (χ2v) is 6.73. The predicted octanol–water partition coefficient (Wildman–Crippen LogP) is 3.67. The van der Waals surface area contributed by atoms with E-state index in [9.17, 15) is 4.79 Å². The number of hydrogen-bond acceptors (Lipinski definition) is 5. The fourth-order valence-electron chi connectivity index (χ4n) is 3.30. The number of ether oxygens (including phenoxy) is 1. The summed E-state index contributed by atoms with van der Waals surface area (Å²) in [5.41, 5.74) is 3.37. The Bertz CT molecular complexity index is 947. The van der Waals surface area contributed by atoms with Gasteiger partial charge in [0.2, 0.25) is 11.8 Å². The van der Waals surface area contributed by atoms with Crippen molar-refractivity contribution in [2.24, 2.45) is 0 Å². The smallest absolute Gasteiger partial charge is 0.230 e. The lowest BCUT2D eigenvalue weighted by molar-refractivity contribution is -0.115. The zero-order valence-electron chi connectivity index (χ0n) is 15.9. The molecule has 1 aliphatic rings. The lowest BCUT2D eigenvalue weighted by Gasteiger charge is -2.30. The molecule has 0 saturated carbocycles. The highest BCUT2D eigenvalue weighted by Crippen LogP contribution is 2.27. The Morgan fingerprint density at radius 1 is 1.07 bits per heavy atom. The van der Waals surface area contributed by atoms with Gasteiger partial charge in [0, 0.05) is 18.7 Å². The molecule has 1 amide bonds. The molecule has 0 aliphatic carbocycles. The van der Waals surface area contributed by atoms with E-state index < -0.39 is 0 Å². The molecule has 0 bridgehead atoms. The number of carbonyl (C=O) groups excluding carboxylic acids is 1. The molecule has 1 aromatic heterocycles. The van der Waals surface area contributed by atoms with Crippen LogP contribution in [0.15, 0.2) is 59.0 Å². The quantitative estimate of drug-likeness (QED) is 0.735. The van der Waals surface area contributed by atoms with Gasteiger partial charge in [0.1, 0.15) is 5.76 Å². The summed E-state index contributed by atoms with van der Waals surface area (Å²) in [7, 11) is 0. The van der Waals surface area contributed by atoms with Gasteiger partial charge in [0.25, 0.3) is 0 Å². The van der Waals surface area contributed by atoms with E-state index in [-0.39, 0.29) is 12.3 Å². The van der Waals surface area contributed by atoms with E-state index in [0.717, 1.165) is 30.0 Å². The minimum absolute atomic E-state index is 0.114. The first-order valence-electron chi connectivity index (χ1n) is 9.44. The molecule has 0 unspecified atom stereocenters. The molecule has 28 heavy (non-hydrogen) atoms. The summed E-state index contributed by atoms with van der Waals surface area (Å²) < 4.78 is 11.2. The number of para-hydroxylation sites is 2. The van der Waals surface area contributed by atoms with Crippen molar-refractivity contribution in [3.05, 3.63) is 66.1 Å². The van der Waals surface area contributed by atoms with Crippen molar-refractivity contribution in [3.63, 3.8) is 0 Å². The number of carbonyl (C=O) groups is 1. The van der Waals surface area contributed by atoms with Crippen molar-refractivity contribution >= 4 is 17.3 Å². The number of aryl methyl sites for hydroxylation is 1. The van der Waals surface area contributed by atoms with Crippen LogP contribution in [0.1, 0.15) is 11.5 Å². The molecule has 0 radical (unpaired) electrons. The fourth-order valence-corrected chi connectivity index (χ4v) is 3.30. The van der Waals surface area contributed by atoms with Crippen LogP contribution >= 0.6 is 0 Å². The van der Waals surface area contributed by atoms with Crippen LogP contribution in [0.5, 0.6) is 0 Å². The Hall–Kier alpha value is -3.12. The molecule has 2 heterocycles. The first-order valence-corrected chi connectivity index (χ1v) is 9.44. The molecule has 3 aromatic rings. The second-order valence-electron chi connectivity index (χ2n) is 6.73. The largest absolute Gasteiger partial charge is 0.441 e. The molecular formula is C22H23N3O3. The highest BCUT2D eigenvalue weighted by atomic mass is 16.5. The minimum Gasteiger partial charge on any atom is -0.441 e. The number of hydrogen-bond donors (Lipinski definition) is 1. The van der Waals surface area contributed by atoms with Crippen molar-refractivity contribution in [1.29, 1.82) is 0 Å². The van der Waals surface area contributed by atoms with Gasteiger partial charge < -0.3 is 19.4 Å². The first-order chi connectivity index (χ1) is 13.7. The van der Waals surface area contributed by atoms with Crippen LogP contribution in [-0.4, -0.2) is 37.2 Å². The van der Waals surface area contributed by atoms with Crippen molar-refractivity contribution in [2.45, 2.75) is 13.3 Å². The second kappa shape index (κ2) is 8.27. The number of morpholine rings is 1. The topological polar surface area (TPSA) is 67.6 Å². The van der Waals surface area contributed by atoms with E-state index in [0.29, 0.717) is 30.6 Å². The van der Waals surface area contributed by atoms with Gasteiger partial charge in [-0.25, -0.2) is 4.98 Å². The Morgan fingerprint density at radius 3 is 2.57 bits per heavy atom. The number of amides is 1. The van der Waals surface area contributed by atoms with Crippen molar-refractivity contribution in [2.75, 3.05) is 36.5 Å². The molecule has 1 fully saturated rings. The van der Waals surface area contributed by atoms with Crippen molar-refractivity contribution in [3.8, 4) is 11.5 Å². The number of oxazole rings is 1. The van der Waals surface area contributed by atoms with Gasteiger partial charge in [-0.05, 0) is 31.2 Å². The highest BCUT2D eigenvalue weighted by Gasteiger charge is 2.18. The molecule has 6 heteroatoms. The average molecular weight is 377 g/mol. The van der Waals surface area contributed by atoms with Crippen LogP contribution in [0.4, 0.5) is 11.4 Å². The lowest BCUT2D eigenvalue weighted by Crippen LogP contribution is -2.36. The van der Waals surface area contributed by atoms with Gasteiger partial charge >= 0.3 is 0 Å². The van der Waals surface area contributed by atoms with Gasteiger partial charge in [0.05, 0.1) is 36.7 Å². The number of nitrogens with zero attached hydrogens (tertiary/aromatic N) is 2. The number of benzene rings is 2. The van der Waals surface area contributed by atoms with Crippen molar-refractivity contribution in [1.82, 2.24) is 4.98 Å². The number of aromatic nitrogens is 1. The van der Waals surface area contributed by atoms with Crippen LogP contribution in [0, 0.1) is 6.92 Å². The number of nitrogens with one attached hydrogen (secondary N) is 1. The summed E-state index contributed by atoms with van der Waals surface area (Å²) >= 11 is 0. The molecule has 0 spiro atoms. The summed E-state index contributed by atoms with van der Waals surface area (Å²) in [5.74, 6) is 1.09. The van der Waals surface area contributed by atoms with E-state index in [2.05, 4.69) is 15.2 Å². The maximum absolute atomic E-state index is 12.7. The SMILES string of the molecule is Cc1oc(-c2ccccc2)nc1CC(=O)Nc1ccccc1N1CCOCC1. The van der Waals surface area contributed by atoms with Crippen LogP contribution in [0.25, 0.3) is 11.5 Å². The summed E-state index contributed by atoms with van der Waals surface area (Å²) in [6.07, 6.45) is 0.166. The summed E-state index contributed by atoms with van der Waals surface area (Å²) in [6, 6.07) is 17.5. The predicted molar refractivity (Wildman–Crippen MR) is 108 cm³/mol. The van der Waals surface area contributed by atoms with Gasteiger partial charge in [-0.1, -0.05) is 30.3 Å². The molecule has 4 rings (SSSR count). The summed E-state index contributed by atoms with van der Waals surface area (Å²) in [6.45, 7) is 4.86. The molecule has 1 saturated heterocycles. The van der Waals surface area contributed by atoms with E-state index in [1.807, 2.05) is 61.5 Å². The van der Waals surface area contributed by atoms with Gasteiger partial charge in [-0.2, -0.15) is 0 Å². The number of anilines is 2. The van der Waals surface area contributed by atoms with E-state index in [4.69, 9.17) is 9.15 Å².